The summed E-state index contributed by atoms with van der Waals surface area (Å²) < 4.78 is 24.4. The number of carbonyl (C=O) groups excluding carboxylic acids is 1. The lowest BCUT2D eigenvalue weighted by Crippen LogP contribution is -2.62. The molecule has 0 bridgehead atoms. The van der Waals surface area contributed by atoms with Crippen LogP contribution >= 0.6 is 0 Å². The van der Waals surface area contributed by atoms with Crippen molar-refractivity contribution in [3.8, 4) is 0 Å². The molecule has 3 atom stereocenters. The molecule has 8 N–H and O–H groups in total. The molecule has 1 heterocycles. The Labute approximate surface area is 174 Å². The fourth-order valence-corrected chi connectivity index (χ4v) is 4.50. The van der Waals surface area contributed by atoms with Crippen molar-refractivity contribution >= 4 is 27.5 Å². The van der Waals surface area contributed by atoms with Crippen molar-refractivity contribution in [3.05, 3.63) is 35.4 Å². The third kappa shape index (κ3) is 5.33. The van der Waals surface area contributed by atoms with E-state index in [1.165, 1.54) is 0 Å². The second-order valence-electron chi connectivity index (χ2n) is 7.18. The van der Waals surface area contributed by atoms with Crippen molar-refractivity contribution in [3.63, 3.8) is 0 Å². The van der Waals surface area contributed by atoms with Crippen LogP contribution in [0.25, 0.3) is 0 Å². The molecule has 12 heteroatoms. The molecule has 1 aliphatic heterocycles. The van der Waals surface area contributed by atoms with Crippen LogP contribution in [0.15, 0.2) is 24.3 Å². The number of carboxylic acids is 1. The lowest BCUT2D eigenvalue weighted by Gasteiger charge is -2.25. The minimum Gasteiger partial charge on any atom is -0.479 e. The predicted molar refractivity (Wildman–Crippen MR) is 109 cm³/mol. The predicted octanol–water partition coefficient (Wildman–Crippen LogP) is -0.624. The van der Waals surface area contributed by atoms with Gasteiger partial charge in [0, 0.05) is 5.56 Å². The molecular weight excluding hydrogens is 414 g/mol. The van der Waals surface area contributed by atoms with E-state index in [0.717, 1.165) is 5.56 Å². The molecule has 0 unspecified atom stereocenters. The number of sulfone groups is 1. The number of rotatable bonds is 10. The number of benzene rings is 1. The lowest BCUT2D eigenvalue weighted by atomic mass is 9.99. The third-order valence-electron chi connectivity index (χ3n) is 4.85. The van der Waals surface area contributed by atoms with Crippen molar-refractivity contribution in [1.82, 2.24) is 10.8 Å². The van der Waals surface area contributed by atoms with E-state index in [-0.39, 0.29) is 24.7 Å². The molecule has 0 radical (unpaired) electrons. The van der Waals surface area contributed by atoms with Crippen LogP contribution in [0.1, 0.15) is 43.4 Å². The summed E-state index contributed by atoms with van der Waals surface area (Å²) in [7, 11) is -4.15. The molecule has 0 spiro atoms. The molecule has 166 valence electrons. The standard InChI is InChI=1S/C18H27N5O6S/c1-2-7-30(27,28)18(21,17(25)26)10-22-15(24)9-13-8-14(23-29-13)11-3-5-12(6-4-11)16(19)20/h3-6,13-14,23H,2,7-10,21H2,1H3,(H3,19,20)(H,22,24)(H,25,26)/t13-,14+,18+/m1/s1. The second kappa shape index (κ2) is 9.51. The number of aliphatic carboxylic acids is 1. The number of hydrogen-bond acceptors (Lipinski definition) is 8. The Kier molecular flexibility index (Phi) is 7.53. The Morgan fingerprint density at radius 2 is 2.00 bits per heavy atom. The fraction of sp³-hybridized carbons (Fsp3) is 0.500. The first-order valence-electron chi connectivity index (χ1n) is 9.37. The van der Waals surface area contributed by atoms with Crippen molar-refractivity contribution in [2.24, 2.45) is 11.5 Å². The van der Waals surface area contributed by atoms with E-state index in [4.69, 9.17) is 21.7 Å². The summed E-state index contributed by atoms with van der Waals surface area (Å²) >= 11 is 0. The average Bonchev–Trinajstić information content (AvgIpc) is 3.14. The smallest absolute Gasteiger partial charge is 0.341 e. The Hall–Kier alpha value is -2.54. The Balaban J connectivity index is 1.92. The third-order valence-corrected chi connectivity index (χ3v) is 7.23. The molecule has 2 rings (SSSR count). The van der Waals surface area contributed by atoms with Crippen LogP contribution in [0.4, 0.5) is 0 Å². The zero-order valence-corrected chi connectivity index (χ0v) is 17.4. The van der Waals surface area contributed by atoms with Gasteiger partial charge in [0.25, 0.3) is 0 Å². The highest BCUT2D eigenvalue weighted by Crippen LogP contribution is 2.27. The molecule has 1 fully saturated rings. The van der Waals surface area contributed by atoms with Crippen LogP contribution in [0.3, 0.4) is 0 Å². The summed E-state index contributed by atoms with van der Waals surface area (Å²) in [6.45, 7) is 0.854. The van der Waals surface area contributed by atoms with Crippen molar-refractivity contribution in [1.29, 1.82) is 5.41 Å². The van der Waals surface area contributed by atoms with Crippen LogP contribution < -0.4 is 22.3 Å². The zero-order chi connectivity index (χ0) is 22.5. The van der Waals surface area contributed by atoms with Crippen LogP contribution in [-0.2, 0) is 24.3 Å². The molecule has 1 aliphatic rings. The van der Waals surface area contributed by atoms with Gasteiger partial charge in [0.2, 0.25) is 10.8 Å². The monoisotopic (exact) mass is 441 g/mol. The first kappa shape index (κ1) is 23.7. The van der Waals surface area contributed by atoms with Gasteiger partial charge < -0.3 is 21.9 Å². The maximum Gasteiger partial charge on any atom is 0.341 e. The minimum absolute atomic E-state index is 0.0370. The molecule has 1 aromatic rings. The molecule has 11 nitrogen and oxygen atoms in total. The Bertz CT molecular complexity index is 904. The normalized spacial score (nSPS) is 21.0. The number of amidine groups is 1. The van der Waals surface area contributed by atoms with E-state index >= 15 is 0 Å². The Morgan fingerprint density at radius 3 is 2.53 bits per heavy atom. The minimum atomic E-state index is -4.15. The highest BCUT2D eigenvalue weighted by atomic mass is 32.2. The van der Waals surface area contributed by atoms with Crippen LogP contribution in [-0.4, -0.2) is 54.5 Å². The van der Waals surface area contributed by atoms with Crippen molar-refractivity contribution < 1.29 is 28.0 Å². The molecule has 0 aliphatic carbocycles. The van der Waals surface area contributed by atoms with E-state index in [1.54, 1.807) is 31.2 Å². The van der Waals surface area contributed by atoms with Gasteiger partial charge >= 0.3 is 5.97 Å². The molecule has 1 aromatic carbocycles. The summed E-state index contributed by atoms with van der Waals surface area (Å²) in [6.07, 6.45) is 0.0807. The quantitative estimate of drug-likeness (QED) is 0.202. The summed E-state index contributed by atoms with van der Waals surface area (Å²) in [5.41, 5.74) is 15.4. The number of carboxylic acid groups (broad SMARTS) is 1. The maximum atomic E-state index is 12.2. The number of nitrogens with two attached hydrogens (primary N) is 2. The highest BCUT2D eigenvalue weighted by molar-refractivity contribution is 7.93. The number of hydrogen-bond donors (Lipinski definition) is 6. The summed E-state index contributed by atoms with van der Waals surface area (Å²) in [6, 6.07) is 6.84. The highest BCUT2D eigenvalue weighted by Gasteiger charge is 2.47. The maximum absolute atomic E-state index is 12.2. The van der Waals surface area contributed by atoms with Crippen LogP contribution in [0.5, 0.6) is 0 Å². The van der Waals surface area contributed by atoms with Gasteiger partial charge in [-0.25, -0.2) is 13.2 Å². The van der Waals surface area contributed by atoms with Gasteiger partial charge in [0.05, 0.1) is 30.9 Å². The molecular formula is C18H27N5O6S. The fourth-order valence-electron chi connectivity index (χ4n) is 3.04. The molecule has 1 saturated heterocycles. The van der Waals surface area contributed by atoms with Gasteiger partial charge in [0.15, 0.2) is 9.84 Å². The summed E-state index contributed by atoms with van der Waals surface area (Å²) in [5, 5.41) is 19.0. The van der Waals surface area contributed by atoms with E-state index in [2.05, 4.69) is 10.8 Å². The number of nitrogen functional groups attached to an aromatic ring is 1. The van der Waals surface area contributed by atoms with E-state index in [1.807, 2.05) is 0 Å². The average molecular weight is 442 g/mol. The summed E-state index contributed by atoms with van der Waals surface area (Å²) in [5.74, 6) is -2.72. The van der Waals surface area contributed by atoms with Gasteiger partial charge in [0.1, 0.15) is 5.84 Å². The summed E-state index contributed by atoms with van der Waals surface area (Å²) in [4.78, 5) is 26.5. The number of nitrogens with one attached hydrogen (secondary N) is 3. The van der Waals surface area contributed by atoms with Crippen LogP contribution in [0.2, 0.25) is 0 Å². The molecule has 1 amide bonds. The van der Waals surface area contributed by atoms with Crippen molar-refractivity contribution in [2.75, 3.05) is 12.3 Å². The second-order valence-corrected chi connectivity index (χ2v) is 9.54. The van der Waals surface area contributed by atoms with Crippen molar-refractivity contribution in [2.45, 2.75) is 43.2 Å². The van der Waals surface area contributed by atoms with Gasteiger partial charge in [-0.3, -0.25) is 15.0 Å². The zero-order valence-electron chi connectivity index (χ0n) is 16.6. The van der Waals surface area contributed by atoms with E-state index in [9.17, 15) is 23.1 Å². The largest absolute Gasteiger partial charge is 0.479 e. The topological polar surface area (TPSA) is 198 Å². The first-order chi connectivity index (χ1) is 14.0. The molecule has 0 aromatic heterocycles. The number of carbonyl (C=O) groups is 2. The molecule has 0 saturated carbocycles. The van der Waals surface area contributed by atoms with Gasteiger partial charge in [-0.05, 0) is 18.4 Å². The first-order valence-corrected chi connectivity index (χ1v) is 11.0. The van der Waals surface area contributed by atoms with Gasteiger partial charge in [-0.2, -0.15) is 5.48 Å². The van der Waals surface area contributed by atoms with E-state index in [0.29, 0.717) is 12.0 Å². The Morgan fingerprint density at radius 1 is 1.37 bits per heavy atom. The SMILES string of the molecule is CCCS(=O)(=O)[C@@](N)(CNC(=O)C[C@H]1C[C@@H](c2ccc(C(=N)N)cc2)NO1)C(=O)O. The van der Waals surface area contributed by atoms with Crippen LogP contribution in [0, 0.1) is 5.41 Å². The van der Waals surface area contributed by atoms with Gasteiger partial charge in [-0.15, -0.1) is 0 Å². The molecule has 30 heavy (non-hydrogen) atoms. The van der Waals surface area contributed by atoms with E-state index < -0.39 is 45.0 Å². The van der Waals surface area contributed by atoms with Gasteiger partial charge in [-0.1, -0.05) is 31.2 Å². The number of hydroxylamine groups is 1. The lowest BCUT2D eigenvalue weighted by molar-refractivity contribution is -0.140. The number of amides is 1.